The monoisotopic (exact) mass is 288 g/mol. The Kier molecular flexibility index (Phi) is 5.29. The molecule has 1 amide bonds. The normalized spacial score (nSPS) is 10.2. The second-order valence-corrected chi connectivity index (χ2v) is 4.49. The molecule has 2 aromatic rings. The van der Waals surface area contributed by atoms with Crippen molar-refractivity contribution in [2.45, 2.75) is 6.42 Å². The van der Waals surface area contributed by atoms with E-state index in [9.17, 15) is 9.18 Å². The summed E-state index contributed by atoms with van der Waals surface area (Å²) in [4.78, 5) is 11.8. The molecule has 0 spiro atoms. The predicted octanol–water partition coefficient (Wildman–Crippen LogP) is 2.34. The lowest BCUT2D eigenvalue weighted by atomic mass is 10.1. The second-order valence-electron chi connectivity index (χ2n) is 4.49. The fraction of sp³-hybridized carbons (Fsp3) is 0.188. The largest absolute Gasteiger partial charge is 0.483 e. The molecule has 21 heavy (non-hydrogen) atoms. The Morgan fingerprint density at radius 3 is 2.76 bits per heavy atom. The molecule has 0 heterocycles. The molecule has 110 valence electrons. The van der Waals surface area contributed by atoms with Crippen LogP contribution in [0.15, 0.2) is 48.5 Å². The maximum absolute atomic E-state index is 13.0. The number of carbonyl (C=O) groups is 1. The first kappa shape index (κ1) is 15.0. The standard InChI is InChI=1S/C16H17FN2O2/c17-13-5-3-6-14(10-13)19-16(20)11-21-15-7-2-1-4-12(15)8-9-18/h1-7,10H,8-9,11,18H2,(H,19,20). The summed E-state index contributed by atoms with van der Waals surface area (Å²) in [5.74, 6) is -0.109. The van der Waals surface area contributed by atoms with Crippen LogP contribution in [0.1, 0.15) is 5.56 Å². The van der Waals surface area contributed by atoms with Crippen molar-refractivity contribution in [1.82, 2.24) is 0 Å². The van der Waals surface area contributed by atoms with Gasteiger partial charge in [0.15, 0.2) is 6.61 Å². The number of nitrogens with two attached hydrogens (primary N) is 1. The van der Waals surface area contributed by atoms with Gasteiger partial charge in [-0.05, 0) is 42.8 Å². The lowest BCUT2D eigenvalue weighted by molar-refractivity contribution is -0.118. The van der Waals surface area contributed by atoms with Crippen LogP contribution >= 0.6 is 0 Å². The lowest BCUT2D eigenvalue weighted by Gasteiger charge is -2.11. The molecule has 0 unspecified atom stereocenters. The van der Waals surface area contributed by atoms with Gasteiger partial charge in [-0.3, -0.25) is 4.79 Å². The fourth-order valence-corrected chi connectivity index (χ4v) is 1.91. The van der Waals surface area contributed by atoms with Gasteiger partial charge in [-0.1, -0.05) is 24.3 Å². The smallest absolute Gasteiger partial charge is 0.262 e. The van der Waals surface area contributed by atoms with E-state index in [1.54, 1.807) is 12.1 Å². The zero-order valence-corrected chi connectivity index (χ0v) is 11.5. The Balaban J connectivity index is 1.92. The number of halogens is 1. The number of nitrogens with one attached hydrogen (secondary N) is 1. The molecule has 5 heteroatoms. The van der Waals surface area contributed by atoms with Crippen molar-refractivity contribution in [3.63, 3.8) is 0 Å². The summed E-state index contributed by atoms with van der Waals surface area (Å²) in [5.41, 5.74) is 6.89. The van der Waals surface area contributed by atoms with Crippen molar-refractivity contribution < 1.29 is 13.9 Å². The Morgan fingerprint density at radius 2 is 2.00 bits per heavy atom. The van der Waals surface area contributed by atoms with Gasteiger partial charge in [0.2, 0.25) is 0 Å². The van der Waals surface area contributed by atoms with Crippen LogP contribution in [0.4, 0.5) is 10.1 Å². The average molecular weight is 288 g/mol. The minimum Gasteiger partial charge on any atom is -0.483 e. The van der Waals surface area contributed by atoms with Crippen molar-refractivity contribution in [2.24, 2.45) is 5.73 Å². The Bertz CT molecular complexity index is 617. The molecule has 2 aromatic carbocycles. The lowest BCUT2D eigenvalue weighted by Crippen LogP contribution is -2.20. The highest BCUT2D eigenvalue weighted by Crippen LogP contribution is 2.18. The van der Waals surface area contributed by atoms with E-state index >= 15 is 0 Å². The van der Waals surface area contributed by atoms with E-state index in [0.717, 1.165) is 5.56 Å². The molecule has 0 aliphatic heterocycles. The van der Waals surface area contributed by atoms with Gasteiger partial charge < -0.3 is 15.8 Å². The number of hydrogen-bond donors (Lipinski definition) is 2. The SMILES string of the molecule is NCCc1ccccc1OCC(=O)Nc1cccc(F)c1. The van der Waals surface area contributed by atoms with Gasteiger partial charge in [0.05, 0.1) is 0 Å². The van der Waals surface area contributed by atoms with Crippen LogP contribution in [0.5, 0.6) is 5.75 Å². The van der Waals surface area contributed by atoms with E-state index in [1.165, 1.54) is 18.2 Å². The number of hydrogen-bond acceptors (Lipinski definition) is 3. The molecule has 0 atom stereocenters. The highest BCUT2D eigenvalue weighted by molar-refractivity contribution is 5.91. The molecule has 0 bridgehead atoms. The van der Waals surface area contributed by atoms with E-state index in [2.05, 4.69) is 5.32 Å². The molecule has 2 rings (SSSR count). The number of carbonyl (C=O) groups excluding carboxylic acids is 1. The molecule has 0 aromatic heterocycles. The first-order valence-corrected chi connectivity index (χ1v) is 6.65. The van der Waals surface area contributed by atoms with Crippen LogP contribution in [0, 0.1) is 5.82 Å². The zero-order chi connectivity index (χ0) is 15.1. The van der Waals surface area contributed by atoms with Crippen LogP contribution < -0.4 is 15.8 Å². The predicted molar refractivity (Wildman–Crippen MR) is 79.7 cm³/mol. The summed E-state index contributed by atoms with van der Waals surface area (Å²) in [7, 11) is 0. The van der Waals surface area contributed by atoms with Gasteiger partial charge in [0, 0.05) is 5.69 Å². The molecular weight excluding hydrogens is 271 g/mol. The Hall–Kier alpha value is -2.40. The number of anilines is 1. The zero-order valence-electron chi connectivity index (χ0n) is 11.5. The molecule has 4 nitrogen and oxygen atoms in total. The van der Waals surface area contributed by atoms with Crippen molar-refractivity contribution in [2.75, 3.05) is 18.5 Å². The van der Waals surface area contributed by atoms with Gasteiger partial charge in [0.1, 0.15) is 11.6 Å². The van der Waals surface area contributed by atoms with Crippen molar-refractivity contribution in [1.29, 1.82) is 0 Å². The summed E-state index contributed by atoms with van der Waals surface area (Å²) in [6.07, 6.45) is 0.682. The molecule has 0 fully saturated rings. The Morgan fingerprint density at radius 1 is 1.19 bits per heavy atom. The van der Waals surface area contributed by atoms with Gasteiger partial charge >= 0.3 is 0 Å². The van der Waals surface area contributed by atoms with Crippen molar-refractivity contribution in [3.8, 4) is 5.75 Å². The maximum atomic E-state index is 13.0. The number of amides is 1. The minimum absolute atomic E-state index is 0.141. The van der Waals surface area contributed by atoms with E-state index in [1.807, 2.05) is 18.2 Å². The molecule has 0 aliphatic rings. The van der Waals surface area contributed by atoms with Crippen LogP contribution in [0.3, 0.4) is 0 Å². The third kappa shape index (κ3) is 4.57. The topological polar surface area (TPSA) is 64.3 Å². The third-order valence-corrected chi connectivity index (χ3v) is 2.85. The van der Waals surface area contributed by atoms with E-state index < -0.39 is 5.82 Å². The van der Waals surface area contributed by atoms with Gasteiger partial charge in [-0.25, -0.2) is 4.39 Å². The van der Waals surface area contributed by atoms with Crippen molar-refractivity contribution >= 4 is 11.6 Å². The van der Waals surface area contributed by atoms with Gasteiger partial charge in [-0.2, -0.15) is 0 Å². The van der Waals surface area contributed by atoms with E-state index in [4.69, 9.17) is 10.5 Å². The number of para-hydroxylation sites is 1. The molecule has 0 saturated carbocycles. The second kappa shape index (κ2) is 7.40. The number of ether oxygens (including phenoxy) is 1. The van der Waals surface area contributed by atoms with Crippen LogP contribution in [-0.2, 0) is 11.2 Å². The Labute approximate surface area is 122 Å². The summed E-state index contributed by atoms with van der Waals surface area (Å²) < 4.78 is 18.5. The summed E-state index contributed by atoms with van der Waals surface area (Å²) in [6.45, 7) is 0.369. The average Bonchev–Trinajstić information content (AvgIpc) is 2.47. The molecule has 0 radical (unpaired) electrons. The molecule has 0 aliphatic carbocycles. The fourth-order valence-electron chi connectivity index (χ4n) is 1.91. The van der Waals surface area contributed by atoms with Crippen LogP contribution in [0.2, 0.25) is 0 Å². The van der Waals surface area contributed by atoms with Gasteiger partial charge in [0.25, 0.3) is 5.91 Å². The summed E-state index contributed by atoms with van der Waals surface area (Å²) in [6, 6.07) is 13.1. The summed E-state index contributed by atoms with van der Waals surface area (Å²) >= 11 is 0. The first-order chi connectivity index (χ1) is 10.2. The highest BCUT2D eigenvalue weighted by Gasteiger charge is 2.07. The minimum atomic E-state index is -0.401. The highest BCUT2D eigenvalue weighted by atomic mass is 19.1. The number of benzene rings is 2. The van der Waals surface area contributed by atoms with E-state index in [0.29, 0.717) is 24.4 Å². The first-order valence-electron chi connectivity index (χ1n) is 6.65. The molecule has 0 saturated heterocycles. The maximum Gasteiger partial charge on any atom is 0.262 e. The van der Waals surface area contributed by atoms with Crippen molar-refractivity contribution in [3.05, 3.63) is 59.9 Å². The molecular formula is C16H17FN2O2. The van der Waals surface area contributed by atoms with E-state index in [-0.39, 0.29) is 12.5 Å². The van der Waals surface area contributed by atoms with Crippen LogP contribution in [0.25, 0.3) is 0 Å². The molecule has 3 N–H and O–H groups in total. The number of rotatable bonds is 6. The quantitative estimate of drug-likeness (QED) is 0.857. The summed E-state index contributed by atoms with van der Waals surface area (Å²) in [5, 5.41) is 2.58. The third-order valence-electron chi connectivity index (χ3n) is 2.85. The van der Waals surface area contributed by atoms with Gasteiger partial charge in [-0.15, -0.1) is 0 Å². The van der Waals surface area contributed by atoms with Crippen LogP contribution in [-0.4, -0.2) is 19.1 Å².